The Morgan fingerprint density at radius 2 is 2.07 bits per heavy atom. The van der Waals surface area contributed by atoms with Crippen LogP contribution in [0.5, 0.6) is 0 Å². The summed E-state index contributed by atoms with van der Waals surface area (Å²) in [7, 11) is 2.06. The van der Waals surface area contributed by atoms with Crippen molar-refractivity contribution in [2.45, 2.75) is 26.0 Å². The molecule has 1 aromatic rings. The average molecular weight is 194 g/mol. The van der Waals surface area contributed by atoms with E-state index in [1.54, 1.807) is 12.4 Å². The predicted octanol–water partition coefficient (Wildman–Crippen LogP) is 1.28. The van der Waals surface area contributed by atoms with Crippen molar-refractivity contribution in [3.63, 3.8) is 0 Å². The molecule has 0 bridgehead atoms. The van der Waals surface area contributed by atoms with Crippen LogP contribution in [0, 0.1) is 0 Å². The van der Waals surface area contributed by atoms with Crippen LogP contribution in [0.1, 0.15) is 18.9 Å². The van der Waals surface area contributed by atoms with Crippen molar-refractivity contribution < 1.29 is 5.11 Å². The molecule has 1 unspecified atom stereocenters. The highest BCUT2D eigenvalue weighted by Gasteiger charge is 2.01. The zero-order valence-electron chi connectivity index (χ0n) is 8.85. The number of hydrogen-bond acceptors (Lipinski definition) is 3. The van der Waals surface area contributed by atoms with Gasteiger partial charge in [0.05, 0.1) is 6.10 Å². The monoisotopic (exact) mass is 194 g/mol. The molecule has 0 aliphatic carbocycles. The van der Waals surface area contributed by atoms with E-state index >= 15 is 0 Å². The van der Waals surface area contributed by atoms with Crippen LogP contribution in [0.25, 0.3) is 0 Å². The van der Waals surface area contributed by atoms with Crippen LogP contribution >= 0.6 is 0 Å². The topological polar surface area (TPSA) is 36.4 Å². The highest BCUT2D eigenvalue weighted by atomic mass is 16.3. The van der Waals surface area contributed by atoms with E-state index in [1.165, 1.54) is 5.56 Å². The predicted molar refractivity (Wildman–Crippen MR) is 56.9 cm³/mol. The first-order valence-electron chi connectivity index (χ1n) is 4.94. The fraction of sp³-hybridized carbons (Fsp3) is 0.545. The molecule has 0 fully saturated rings. The Balaban J connectivity index is 2.30. The van der Waals surface area contributed by atoms with Crippen LogP contribution < -0.4 is 0 Å². The summed E-state index contributed by atoms with van der Waals surface area (Å²) >= 11 is 0. The molecule has 0 aromatic carbocycles. The molecular weight excluding hydrogens is 176 g/mol. The lowest BCUT2D eigenvalue weighted by Crippen LogP contribution is -2.22. The summed E-state index contributed by atoms with van der Waals surface area (Å²) in [4.78, 5) is 6.16. The number of aliphatic hydroxyl groups excluding tert-OH is 1. The van der Waals surface area contributed by atoms with Crippen molar-refractivity contribution in [1.29, 1.82) is 0 Å². The normalized spacial score (nSPS) is 13.1. The summed E-state index contributed by atoms with van der Waals surface area (Å²) in [5.41, 5.74) is 1.26. The number of hydrogen-bond donors (Lipinski definition) is 1. The minimum Gasteiger partial charge on any atom is -0.393 e. The first-order valence-corrected chi connectivity index (χ1v) is 4.94. The van der Waals surface area contributed by atoms with E-state index in [0.29, 0.717) is 0 Å². The van der Waals surface area contributed by atoms with E-state index in [9.17, 15) is 0 Å². The molecule has 1 atom stereocenters. The molecule has 3 nitrogen and oxygen atoms in total. The maximum Gasteiger partial charge on any atom is 0.0524 e. The van der Waals surface area contributed by atoms with E-state index in [4.69, 9.17) is 5.11 Å². The lowest BCUT2D eigenvalue weighted by molar-refractivity contribution is 0.163. The molecule has 1 heterocycles. The summed E-state index contributed by atoms with van der Waals surface area (Å²) in [6.07, 6.45) is 4.21. The fourth-order valence-corrected chi connectivity index (χ4v) is 1.29. The molecule has 14 heavy (non-hydrogen) atoms. The Kier molecular flexibility index (Phi) is 4.56. The number of aliphatic hydroxyl groups is 1. The van der Waals surface area contributed by atoms with Gasteiger partial charge in [0.25, 0.3) is 0 Å². The maximum atomic E-state index is 9.13. The highest BCUT2D eigenvalue weighted by molar-refractivity contribution is 5.09. The molecule has 0 aliphatic rings. The third-order valence-electron chi connectivity index (χ3n) is 2.13. The van der Waals surface area contributed by atoms with Gasteiger partial charge in [-0.3, -0.25) is 4.98 Å². The second-order valence-corrected chi connectivity index (χ2v) is 3.73. The van der Waals surface area contributed by atoms with Gasteiger partial charge in [-0.15, -0.1) is 0 Å². The molecule has 1 rings (SSSR count). The zero-order valence-corrected chi connectivity index (χ0v) is 8.85. The lowest BCUT2D eigenvalue weighted by Gasteiger charge is -2.17. The average Bonchev–Trinajstić information content (AvgIpc) is 2.16. The Morgan fingerprint density at radius 1 is 1.43 bits per heavy atom. The summed E-state index contributed by atoms with van der Waals surface area (Å²) in [5.74, 6) is 0. The molecule has 0 aliphatic heterocycles. The van der Waals surface area contributed by atoms with Crippen molar-refractivity contribution in [2.75, 3.05) is 13.6 Å². The standard InChI is InChI=1S/C11H18N2O/c1-10(14)5-8-13(2)9-11-3-6-12-7-4-11/h3-4,6-7,10,14H,5,8-9H2,1-2H3. The number of aromatic nitrogens is 1. The van der Waals surface area contributed by atoms with Crippen molar-refractivity contribution in [1.82, 2.24) is 9.88 Å². The van der Waals surface area contributed by atoms with Gasteiger partial charge < -0.3 is 10.0 Å². The van der Waals surface area contributed by atoms with Crippen molar-refractivity contribution in [3.8, 4) is 0 Å². The molecule has 78 valence electrons. The van der Waals surface area contributed by atoms with Crippen LogP contribution in [0.3, 0.4) is 0 Å². The third-order valence-corrected chi connectivity index (χ3v) is 2.13. The first kappa shape index (κ1) is 11.1. The largest absolute Gasteiger partial charge is 0.393 e. The SMILES string of the molecule is CC(O)CCN(C)Cc1ccncc1. The molecule has 0 radical (unpaired) electrons. The van der Waals surface area contributed by atoms with E-state index in [1.807, 2.05) is 19.1 Å². The van der Waals surface area contributed by atoms with Gasteiger partial charge in [0.2, 0.25) is 0 Å². The Morgan fingerprint density at radius 3 is 2.64 bits per heavy atom. The quantitative estimate of drug-likeness (QED) is 0.767. The molecular formula is C11H18N2O. The van der Waals surface area contributed by atoms with Crippen LogP contribution in [0.2, 0.25) is 0 Å². The Bertz CT molecular complexity index is 249. The second-order valence-electron chi connectivity index (χ2n) is 3.73. The van der Waals surface area contributed by atoms with Gasteiger partial charge in [-0.25, -0.2) is 0 Å². The minimum absolute atomic E-state index is 0.213. The molecule has 0 amide bonds. The first-order chi connectivity index (χ1) is 6.68. The van der Waals surface area contributed by atoms with Crippen LogP contribution in [0.15, 0.2) is 24.5 Å². The summed E-state index contributed by atoms with van der Waals surface area (Å²) in [6.45, 7) is 3.65. The number of nitrogens with zero attached hydrogens (tertiary/aromatic N) is 2. The van der Waals surface area contributed by atoms with E-state index in [0.717, 1.165) is 19.5 Å². The number of rotatable bonds is 5. The molecule has 0 saturated heterocycles. The summed E-state index contributed by atoms with van der Waals surface area (Å²) in [6, 6.07) is 4.03. The van der Waals surface area contributed by atoms with Gasteiger partial charge in [0.1, 0.15) is 0 Å². The smallest absolute Gasteiger partial charge is 0.0524 e. The molecule has 1 N–H and O–H groups in total. The maximum absolute atomic E-state index is 9.13. The number of pyridine rings is 1. The molecule has 0 saturated carbocycles. The lowest BCUT2D eigenvalue weighted by atomic mass is 10.2. The summed E-state index contributed by atoms with van der Waals surface area (Å²) in [5, 5.41) is 9.13. The van der Waals surface area contributed by atoms with Crippen LogP contribution in [-0.4, -0.2) is 34.7 Å². The van der Waals surface area contributed by atoms with Crippen LogP contribution in [0.4, 0.5) is 0 Å². The summed E-state index contributed by atoms with van der Waals surface area (Å²) < 4.78 is 0. The molecule has 3 heteroatoms. The third kappa shape index (κ3) is 4.35. The van der Waals surface area contributed by atoms with Gasteiger partial charge in [0, 0.05) is 25.5 Å². The molecule has 0 spiro atoms. The van der Waals surface area contributed by atoms with E-state index in [2.05, 4.69) is 16.9 Å². The van der Waals surface area contributed by atoms with Gasteiger partial charge in [0.15, 0.2) is 0 Å². The van der Waals surface area contributed by atoms with Gasteiger partial charge in [-0.05, 0) is 38.1 Å². The Hall–Kier alpha value is -0.930. The van der Waals surface area contributed by atoms with Gasteiger partial charge >= 0.3 is 0 Å². The highest BCUT2D eigenvalue weighted by Crippen LogP contribution is 2.02. The van der Waals surface area contributed by atoms with Crippen molar-refractivity contribution >= 4 is 0 Å². The van der Waals surface area contributed by atoms with Crippen LogP contribution in [-0.2, 0) is 6.54 Å². The minimum atomic E-state index is -0.213. The molecule has 1 aromatic heterocycles. The van der Waals surface area contributed by atoms with Gasteiger partial charge in [-0.2, -0.15) is 0 Å². The van der Waals surface area contributed by atoms with Gasteiger partial charge in [-0.1, -0.05) is 0 Å². The van der Waals surface area contributed by atoms with Crippen molar-refractivity contribution in [3.05, 3.63) is 30.1 Å². The zero-order chi connectivity index (χ0) is 10.4. The fourth-order valence-electron chi connectivity index (χ4n) is 1.29. The van der Waals surface area contributed by atoms with Crippen molar-refractivity contribution in [2.24, 2.45) is 0 Å². The van der Waals surface area contributed by atoms with E-state index < -0.39 is 0 Å². The Labute approximate surface area is 85.4 Å². The second kappa shape index (κ2) is 5.73. The van der Waals surface area contributed by atoms with E-state index in [-0.39, 0.29) is 6.10 Å².